The van der Waals surface area contributed by atoms with Gasteiger partial charge in [-0.25, -0.2) is 4.39 Å². The van der Waals surface area contributed by atoms with Crippen LogP contribution in [0.2, 0.25) is 0 Å². The Morgan fingerprint density at radius 3 is 2.92 bits per heavy atom. The lowest BCUT2D eigenvalue weighted by Gasteiger charge is -2.04. The van der Waals surface area contributed by atoms with Gasteiger partial charge in [-0.2, -0.15) is 0 Å². The second kappa shape index (κ2) is 2.96. The molecule has 2 nitrogen and oxygen atoms in total. The monoisotopic (exact) mass is 240 g/mol. The van der Waals surface area contributed by atoms with Gasteiger partial charge in [0.15, 0.2) is 0 Å². The van der Waals surface area contributed by atoms with Crippen molar-refractivity contribution in [3.8, 4) is 0 Å². The molecule has 0 bridgehead atoms. The van der Waals surface area contributed by atoms with E-state index < -0.39 is 5.82 Å². The summed E-state index contributed by atoms with van der Waals surface area (Å²) in [6.07, 6.45) is 3.24. The molecule has 1 aromatic heterocycles. The fourth-order valence-electron chi connectivity index (χ4n) is 1.22. The Balaban J connectivity index is 2.97. The standard InChI is InChI=1S/C9H6BrFN2/c10-7-3-8(11)9(12)5-1-2-13-4-6(5)7/h1-4H,12H2. The lowest BCUT2D eigenvalue weighted by molar-refractivity contribution is 0.633. The molecular weight excluding hydrogens is 235 g/mol. The summed E-state index contributed by atoms with van der Waals surface area (Å²) >= 11 is 3.25. The summed E-state index contributed by atoms with van der Waals surface area (Å²) in [6, 6.07) is 3.04. The predicted molar refractivity (Wildman–Crippen MR) is 53.8 cm³/mol. The molecule has 0 saturated carbocycles. The Kier molecular flexibility index (Phi) is 1.92. The number of pyridine rings is 1. The second-order valence-corrected chi connectivity index (χ2v) is 3.53. The minimum Gasteiger partial charge on any atom is -0.396 e. The fourth-order valence-corrected chi connectivity index (χ4v) is 1.73. The number of halogens is 2. The zero-order valence-corrected chi connectivity index (χ0v) is 8.18. The topological polar surface area (TPSA) is 38.9 Å². The smallest absolute Gasteiger partial charge is 0.147 e. The van der Waals surface area contributed by atoms with Crippen molar-refractivity contribution in [2.75, 3.05) is 5.73 Å². The first-order chi connectivity index (χ1) is 6.20. The highest BCUT2D eigenvalue weighted by Gasteiger charge is 2.07. The highest BCUT2D eigenvalue weighted by molar-refractivity contribution is 9.10. The Bertz CT molecular complexity index is 470. The number of hydrogen-bond donors (Lipinski definition) is 1. The average Bonchev–Trinajstić information content (AvgIpc) is 2.15. The molecule has 0 fully saturated rings. The molecule has 1 heterocycles. The Morgan fingerprint density at radius 1 is 1.38 bits per heavy atom. The van der Waals surface area contributed by atoms with Crippen LogP contribution < -0.4 is 5.73 Å². The van der Waals surface area contributed by atoms with E-state index in [1.165, 1.54) is 6.07 Å². The molecule has 0 aliphatic rings. The van der Waals surface area contributed by atoms with Gasteiger partial charge in [-0.05, 0) is 28.1 Å². The number of fused-ring (bicyclic) bond motifs is 1. The molecule has 0 radical (unpaired) electrons. The number of hydrogen-bond acceptors (Lipinski definition) is 2. The lowest BCUT2D eigenvalue weighted by Crippen LogP contribution is -1.93. The van der Waals surface area contributed by atoms with Crippen LogP contribution in [-0.4, -0.2) is 4.98 Å². The summed E-state index contributed by atoms with van der Waals surface area (Å²) in [6.45, 7) is 0. The number of aromatic nitrogens is 1. The Morgan fingerprint density at radius 2 is 2.15 bits per heavy atom. The molecule has 2 N–H and O–H groups in total. The first kappa shape index (κ1) is 8.44. The predicted octanol–water partition coefficient (Wildman–Crippen LogP) is 2.72. The first-order valence-electron chi connectivity index (χ1n) is 3.67. The van der Waals surface area contributed by atoms with Crippen molar-refractivity contribution in [2.45, 2.75) is 0 Å². The number of anilines is 1. The summed E-state index contributed by atoms with van der Waals surface area (Å²) in [7, 11) is 0. The molecule has 66 valence electrons. The van der Waals surface area contributed by atoms with Gasteiger partial charge in [0.1, 0.15) is 5.82 Å². The van der Waals surface area contributed by atoms with E-state index in [2.05, 4.69) is 20.9 Å². The van der Waals surface area contributed by atoms with Crippen LogP contribution in [0, 0.1) is 5.82 Å². The molecule has 0 aliphatic heterocycles. The second-order valence-electron chi connectivity index (χ2n) is 2.68. The van der Waals surface area contributed by atoms with Crippen LogP contribution in [0.4, 0.5) is 10.1 Å². The number of nitrogens with two attached hydrogens (primary N) is 1. The molecule has 2 aromatic rings. The average molecular weight is 241 g/mol. The maximum atomic E-state index is 13.1. The van der Waals surface area contributed by atoms with Crippen LogP contribution in [0.25, 0.3) is 10.8 Å². The van der Waals surface area contributed by atoms with Crippen molar-refractivity contribution in [3.63, 3.8) is 0 Å². The number of benzene rings is 1. The molecule has 4 heteroatoms. The van der Waals surface area contributed by atoms with Crippen molar-refractivity contribution in [3.05, 3.63) is 34.8 Å². The van der Waals surface area contributed by atoms with E-state index in [1.54, 1.807) is 18.5 Å². The zero-order valence-electron chi connectivity index (χ0n) is 6.59. The van der Waals surface area contributed by atoms with Gasteiger partial charge in [-0.3, -0.25) is 4.98 Å². The highest BCUT2D eigenvalue weighted by Crippen LogP contribution is 2.29. The maximum absolute atomic E-state index is 13.1. The molecule has 13 heavy (non-hydrogen) atoms. The molecule has 0 atom stereocenters. The SMILES string of the molecule is Nc1c(F)cc(Br)c2cnccc12. The molecule has 0 saturated heterocycles. The van der Waals surface area contributed by atoms with Gasteiger partial charge in [0.2, 0.25) is 0 Å². The van der Waals surface area contributed by atoms with Crippen molar-refractivity contribution in [1.82, 2.24) is 4.98 Å². The summed E-state index contributed by atoms with van der Waals surface area (Å²) < 4.78 is 13.8. The molecule has 2 rings (SSSR count). The van der Waals surface area contributed by atoms with E-state index in [4.69, 9.17) is 5.73 Å². The first-order valence-corrected chi connectivity index (χ1v) is 4.46. The van der Waals surface area contributed by atoms with Crippen molar-refractivity contribution >= 4 is 32.4 Å². The minimum atomic E-state index is -0.412. The fraction of sp³-hybridized carbons (Fsp3) is 0. The van der Waals surface area contributed by atoms with E-state index in [0.29, 0.717) is 9.86 Å². The molecular formula is C9H6BrFN2. The van der Waals surface area contributed by atoms with Crippen molar-refractivity contribution < 1.29 is 4.39 Å². The van der Waals surface area contributed by atoms with E-state index in [1.807, 2.05) is 0 Å². The number of nitrogen functional groups attached to an aromatic ring is 1. The molecule has 0 spiro atoms. The van der Waals surface area contributed by atoms with E-state index in [0.717, 1.165) is 5.39 Å². The Labute approximate surface area is 82.7 Å². The summed E-state index contributed by atoms with van der Waals surface area (Å²) in [5.41, 5.74) is 5.73. The van der Waals surface area contributed by atoms with Gasteiger partial charge in [-0.1, -0.05) is 0 Å². The normalized spacial score (nSPS) is 10.6. The molecule has 0 aliphatic carbocycles. The summed E-state index contributed by atoms with van der Waals surface area (Å²) in [5.74, 6) is -0.412. The molecule has 0 amide bonds. The van der Waals surface area contributed by atoms with Gasteiger partial charge in [0.05, 0.1) is 5.69 Å². The van der Waals surface area contributed by atoms with Gasteiger partial charge in [0.25, 0.3) is 0 Å². The van der Waals surface area contributed by atoms with Gasteiger partial charge in [-0.15, -0.1) is 0 Å². The third kappa shape index (κ3) is 1.27. The van der Waals surface area contributed by atoms with Crippen molar-refractivity contribution in [1.29, 1.82) is 0 Å². The van der Waals surface area contributed by atoms with Crippen LogP contribution in [-0.2, 0) is 0 Å². The largest absolute Gasteiger partial charge is 0.396 e. The van der Waals surface area contributed by atoms with Crippen LogP contribution >= 0.6 is 15.9 Å². The van der Waals surface area contributed by atoms with Crippen LogP contribution in [0.3, 0.4) is 0 Å². The third-order valence-electron chi connectivity index (χ3n) is 1.88. The van der Waals surface area contributed by atoms with Gasteiger partial charge >= 0.3 is 0 Å². The number of rotatable bonds is 0. The third-order valence-corrected chi connectivity index (χ3v) is 2.54. The molecule has 1 aromatic carbocycles. The maximum Gasteiger partial charge on any atom is 0.147 e. The summed E-state index contributed by atoms with van der Waals surface area (Å²) in [5, 5.41) is 1.50. The van der Waals surface area contributed by atoms with Crippen LogP contribution in [0.15, 0.2) is 29.0 Å². The minimum absolute atomic E-state index is 0.167. The van der Waals surface area contributed by atoms with Crippen molar-refractivity contribution in [2.24, 2.45) is 0 Å². The van der Waals surface area contributed by atoms with E-state index >= 15 is 0 Å². The van der Waals surface area contributed by atoms with Gasteiger partial charge < -0.3 is 5.73 Å². The lowest BCUT2D eigenvalue weighted by atomic mass is 10.1. The quantitative estimate of drug-likeness (QED) is 0.720. The Hall–Kier alpha value is -1.16. The van der Waals surface area contributed by atoms with Crippen LogP contribution in [0.5, 0.6) is 0 Å². The number of nitrogens with zero attached hydrogens (tertiary/aromatic N) is 1. The van der Waals surface area contributed by atoms with E-state index in [9.17, 15) is 4.39 Å². The summed E-state index contributed by atoms with van der Waals surface area (Å²) in [4.78, 5) is 3.94. The van der Waals surface area contributed by atoms with Crippen LogP contribution in [0.1, 0.15) is 0 Å². The molecule has 0 unspecified atom stereocenters. The highest BCUT2D eigenvalue weighted by atomic mass is 79.9. The zero-order chi connectivity index (χ0) is 9.42. The van der Waals surface area contributed by atoms with E-state index in [-0.39, 0.29) is 5.69 Å². The van der Waals surface area contributed by atoms with Gasteiger partial charge in [0, 0.05) is 27.6 Å².